The van der Waals surface area contributed by atoms with Gasteiger partial charge in [0.1, 0.15) is 23.0 Å². The Labute approximate surface area is 158 Å². The van der Waals surface area contributed by atoms with Gasteiger partial charge < -0.3 is 19.7 Å². The summed E-state index contributed by atoms with van der Waals surface area (Å²) in [7, 11) is 1.66. The van der Waals surface area contributed by atoms with Crippen molar-refractivity contribution < 1.29 is 19.7 Å². The number of phenolic OH excluding ortho intramolecular Hbond substituents is 2. The number of hydrogen-bond donors (Lipinski definition) is 2. The molecule has 1 heterocycles. The summed E-state index contributed by atoms with van der Waals surface area (Å²) in [6.45, 7) is 2.37. The maximum absolute atomic E-state index is 10.1. The van der Waals surface area contributed by atoms with Crippen molar-refractivity contribution in [3.63, 3.8) is 0 Å². The van der Waals surface area contributed by atoms with E-state index < -0.39 is 0 Å². The van der Waals surface area contributed by atoms with Crippen LogP contribution in [0, 0.1) is 6.92 Å². The van der Waals surface area contributed by atoms with E-state index in [4.69, 9.17) is 9.47 Å². The molecule has 1 aliphatic rings. The number of ether oxygens (including phenoxy) is 2. The van der Waals surface area contributed by atoms with Crippen LogP contribution in [0.2, 0.25) is 0 Å². The zero-order valence-electron chi connectivity index (χ0n) is 15.3. The van der Waals surface area contributed by atoms with Gasteiger partial charge in [-0.1, -0.05) is 30.3 Å². The maximum atomic E-state index is 10.1. The van der Waals surface area contributed by atoms with Crippen LogP contribution in [0.3, 0.4) is 0 Å². The molecule has 138 valence electrons. The van der Waals surface area contributed by atoms with E-state index in [9.17, 15) is 10.2 Å². The molecular weight excluding hydrogens is 340 g/mol. The second-order valence-electron chi connectivity index (χ2n) is 6.89. The van der Waals surface area contributed by atoms with Gasteiger partial charge >= 0.3 is 0 Å². The molecule has 0 saturated carbocycles. The molecule has 0 amide bonds. The first-order valence-electron chi connectivity index (χ1n) is 8.96. The molecule has 0 fully saturated rings. The van der Waals surface area contributed by atoms with Crippen molar-refractivity contribution in [1.29, 1.82) is 0 Å². The van der Waals surface area contributed by atoms with Crippen LogP contribution in [0.15, 0.2) is 60.7 Å². The lowest BCUT2D eigenvalue weighted by molar-refractivity contribution is 0.245. The molecule has 0 spiro atoms. The van der Waals surface area contributed by atoms with Gasteiger partial charge in [-0.3, -0.25) is 0 Å². The summed E-state index contributed by atoms with van der Waals surface area (Å²) in [5, 5.41) is 19.7. The van der Waals surface area contributed by atoms with E-state index in [1.807, 2.05) is 37.3 Å². The number of fused-ring (bicyclic) bond motifs is 1. The van der Waals surface area contributed by atoms with Gasteiger partial charge in [-0.15, -0.1) is 0 Å². The number of hydrogen-bond acceptors (Lipinski definition) is 4. The standard InChI is InChI=1S/C23H22O4/c1-14-21(25)12-11-19-22(16-5-9-18(26-2)10-6-16)20(13-27-23(14)19)15-3-7-17(24)8-4-15/h3-12,20,22,24-25H,13H2,1-2H3/t20-,22-/m0/s1. The average molecular weight is 362 g/mol. The SMILES string of the molecule is COc1ccc([C@H]2c3ccc(O)c(C)c3OC[C@H]2c2ccc(O)cc2)cc1. The van der Waals surface area contributed by atoms with E-state index in [1.165, 1.54) is 0 Å². The lowest BCUT2D eigenvalue weighted by atomic mass is 9.75. The molecule has 0 radical (unpaired) electrons. The van der Waals surface area contributed by atoms with Crippen molar-refractivity contribution in [3.05, 3.63) is 82.9 Å². The van der Waals surface area contributed by atoms with Gasteiger partial charge in [0.25, 0.3) is 0 Å². The third-order valence-electron chi connectivity index (χ3n) is 5.35. The van der Waals surface area contributed by atoms with Crippen LogP contribution in [0.5, 0.6) is 23.0 Å². The highest BCUT2D eigenvalue weighted by atomic mass is 16.5. The fourth-order valence-corrected chi connectivity index (χ4v) is 3.86. The summed E-state index contributed by atoms with van der Waals surface area (Å²) in [6.07, 6.45) is 0. The molecule has 3 aromatic carbocycles. The van der Waals surface area contributed by atoms with E-state index in [2.05, 4.69) is 12.1 Å². The molecule has 0 bridgehead atoms. The van der Waals surface area contributed by atoms with Crippen LogP contribution in [0.1, 0.15) is 34.1 Å². The largest absolute Gasteiger partial charge is 0.508 e. The summed E-state index contributed by atoms with van der Waals surface area (Å²) >= 11 is 0. The number of phenols is 2. The molecular formula is C23H22O4. The Hall–Kier alpha value is -3.14. The minimum absolute atomic E-state index is 0.0727. The Balaban J connectivity index is 1.85. The molecule has 1 aliphatic heterocycles. The monoisotopic (exact) mass is 362 g/mol. The van der Waals surface area contributed by atoms with Gasteiger partial charge in [-0.05, 0) is 48.4 Å². The van der Waals surface area contributed by atoms with Gasteiger partial charge in [0.15, 0.2) is 0 Å². The van der Waals surface area contributed by atoms with Gasteiger partial charge in [-0.25, -0.2) is 0 Å². The van der Waals surface area contributed by atoms with Crippen LogP contribution >= 0.6 is 0 Å². The second kappa shape index (κ2) is 6.88. The number of benzene rings is 3. The minimum Gasteiger partial charge on any atom is -0.508 e. The van der Waals surface area contributed by atoms with Crippen molar-refractivity contribution in [2.24, 2.45) is 0 Å². The molecule has 0 aromatic heterocycles. The van der Waals surface area contributed by atoms with Crippen LogP contribution < -0.4 is 9.47 Å². The normalized spacial score (nSPS) is 18.4. The Kier molecular flexibility index (Phi) is 4.40. The summed E-state index contributed by atoms with van der Waals surface area (Å²) in [4.78, 5) is 0. The van der Waals surface area contributed by atoms with Gasteiger partial charge in [0, 0.05) is 23.0 Å². The number of rotatable bonds is 3. The maximum Gasteiger partial charge on any atom is 0.129 e. The number of aromatic hydroxyl groups is 2. The first-order chi connectivity index (χ1) is 13.1. The van der Waals surface area contributed by atoms with E-state index in [1.54, 1.807) is 25.3 Å². The zero-order chi connectivity index (χ0) is 19.0. The van der Waals surface area contributed by atoms with Crippen LogP contribution in [0.25, 0.3) is 0 Å². The Morgan fingerprint density at radius 3 is 2.22 bits per heavy atom. The van der Waals surface area contributed by atoms with Gasteiger partial charge in [0.05, 0.1) is 13.7 Å². The van der Waals surface area contributed by atoms with Gasteiger partial charge in [0.2, 0.25) is 0 Å². The Bertz CT molecular complexity index is 945. The van der Waals surface area contributed by atoms with Gasteiger partial charge in [-0.2, -0.15) is 0 Å². The Morgan fingerprint density at radius 1 is 0.889 bits per heavy atom. The van der Waals surface area contributed by atoms with E-state index in [0.29, 0.717) is 6.61 Å². The fraction of sp³-hybridized carbons (Fsp3) is 0.217. The topological polar surface area (TPSA) is 58.9 Å². The third kappa shape index (κ3) is 3.08. The summed E-state index contributed by atoms with van der Waals surface area (Å²) in [6, 6.07) is 19.1. The average Bonchev–Trinajstić information content (AvgIpc) is 2.71. The van der Waals surface area contributed by atoms with E-state index in [0.717, 1.165) is 33.8 Å². The molecule has 27 heavy (non-hydrogen) atoms. The van der Waals surface area contributed by atoms with Crippen LogP contribution in [-0.2, 0) is 0 Å². The van der Waals surface area contributed by atoms with E-state index >= 15 is 0 Å². The lowest BCUT2D eigenvalue weighted by Crippen LogP contribution is -2.25. The third-order valence-corrected chi connectivity index (χ3v) is 5.35. The van der Waals surface area contributed by atoms with Crippen molar-refractivity contribution in [3.8, 4) is 23.0 Å². The predicted octanol–water partition coefficient (Wildman–Crippen LogP) is 4.72. The van der Waals surface area contributed by atoms with Crippen molar-refractivity contribution in [1.82, 2.24) is 0 Å². The molecule has 2 N–H and O–H groups in total. The molecule has 4 rings (SSSR count). The second-order valence-corrected chi connectivity index (χ2v) is 6.89. The highest BCUT2D eigenvalue weighted by Gasteiger charge is 2.34. The summed E-state index contributed by atoms with van der Waals surface area (Å²) in [5.74, 6) is 2.22. The predicted molar refractivity (Wildman–Crippen MR) is 104 cm³/mol. The quantitative estimate of drug-likeness (QED) is 0.708. The first kappa shape index (κ1) is 17.3. The molecule has 3 aromatic rings. The molecule has 0 aliphatic carbocycles. The minimum atomic E-state index is 0.0727. The Morgan fingerprint density at radius 2 is 1.56 bits per heavy atom. The number of methoxy groups -OCH3 is 1. The smallest absolute Gasteiger partial charge is 0.129 e. The highest BCUT2D eigenvalue weighted by Crippen LogP contribution is 2.48. The first-order valence-corrected chi connectivity index (χ1v) is 8.96. The summed E-state index contributed by atoms with van der Waals surface area (Å²) < 4.78 is 11.4. The molecule has 0 saturated heterocycles. The summed E-state index contributed by atoms with van der Waals surface area (Å²) in [5.41, 5.74) is 4.07. The van der Waals surface area contributed by atoms with Crippen molar-refractivity contribution in [2.45, 2.75) is 18.8 Å². The molecule has 4 nitrogen and oxygen atoms in total. The highest BCUT2D eigenvalue weighted by molar-refractivity contribution is 5.55. The lowest BCUT2D eigenvalue weighted by Gasteiger charge is -2.35. The molecule has 4 heteroatoms. The fourth-order valence-electron chi connectivity index (χ4n) is 3.86. The van der Waals surface area contributed by atoms with Crippen LogP contribution in [-0.4, -0.2) is 23.9 Å². The van der Waals surface area contributed by atoms with Crippen LogP contribution in [0.4, 0.5) is 0 Å². The molecule has 2 atom stereocenters. The zero-order valence-corrected chi connectivity index (χ0v) is 15.3. The van der Waals surface area contributed by atoms with Crippen molar-refractivity contribution in [2.75, 3.05) is 13.7 Å². The molecule has 0 unspecified atom stereocenters. The van der Waals surface area contributed by atoms with E-state index in [-0.39, 0.29) is 23.3 Å². The van der Waals surface area contributed by atoms with Crippen molar-refractivity contribution >= 4 is 0 Å².